The molecule has 2 rings (SSSR count). The number of hydrogen-bond acceptors (Lipinski definition) is 6. The molecule has 0 aliphatic heterocycles. The molecule has 2 aromatic rings. The minimum atomic E-state index is -0.506. The Balaban J connectivity index is 2.06. The topological polar surface area (TPSA) is 94.0 Å². The molecular weight excluding hydrogens is 288 g/mol. The Hall–Kier alpha value is -1.86. The van der Waals surface area contributed by atoms with Crippen LogP contribution in [0.15, 0.2) is 28.8 Å². The molecule has 0 aliphatic carbocycles. The molecule has 7 heteroatoms. The molecule has 0 aliphatic rings. The smallest absolute Gasteiger partial charge is 0.241 e. The quantitative estimate of drug-likeness (QED) is 0.848. The van der Waals surface area contributed by atoms with E-state index >= 15 is 0 Å². The van der Waals surface area contributed by atoms with Gasteiger partial charge in [-0.3, -0.25) is 4.79 Å². The van der Waals surface area contributed by atoms with Gasteiger partial charge in [-0.1, -0.05) is 17.3 Å². The predicted octanol–water partition coefficient (Wildman–Crippen LogP) is 2.06. The highest BCUT2D eigenvalue weighted by molar-refractivity contribution is 7.98. The zero-order chi connectivity index (χ0) is 15.2. The molecule has 21 heavy (non-hydrogen) atoms. The van der Waals surface area contributed by atoms with Crippen LogP contribution in [0.1, 0.15) is 12.3 Å². The van der Waals surface area contributed by atoms with Crippen molar-refractivity contribution in [3.8, 4) is 11.4 Å². The molecule has 3 N–H and O–H groups in total. The van der Waals surface area contributed by atoms with Crippen LogP contribution in [0.25, 0.3) is 11.4 Å². The second-order valence-corrected chi connectivity index (χ2v) is 5.58. The molecule has 6 nitrogen and oxygen atoms in total. The average molecular weight is 306 g/mol. The number of amides is 1. The second kappa shape index (κ2) is 7.24. The number of hydrogen-bond donors (Lipinski definition) is 2. The summed E-state index contributed by atoms with van der Waals surface area (Å²) in [6.07, 6.45) is 2.64. The Bertz CT molecular complexity index is 615. The Morgan fingerprint density at radius 2 is 2.33 bits per heavy atom. The summed E-state index contributed by atoms with van der Waals surface area (Å²) in [7, 11) is 0. The van der Waals surface area contributed by atoms with E-state index in [1.165, 1.54) is 0 Å². The van der Waals surface area contributed by atoms with E-state index in [1.54, 1.807) is 30.8 Å². The lowest BCUT2D eigenvalue weighted by molar-refractivity contribution is -0.117. The first-order valence-electron chi connectivity index (χ1n) is 6.56. The van der Waals surface area contributed by atoms with Crippen molar-refractivity contribution in [3.63, 3.8) is 0 Å². The van der Waals surface area contributed by atoms with Crippen molar-refractivity contribution in [2.24, 2.45) is 5.73 Å². The van der Waals surface area contributed by atoms with Gasteiger partial charge in [0.15, 0.2) is 0 Å². The van der Waals surface area contributed by atoms with Crippen LogP contribution < -0.4 is 11.1 Å². The standard InChI is InChI=1S/C14H18N4O2S/c1-9-16-13(18-20-9)10-4-3-5-11(8-10)17-14(19)12(15)6-7-21-2/h3-5,8,12H,6-7,15H2,1-2H3,(H,17,19)/t12-/m0/s1. The molecule has 1 heterocycles. The molecule has 0 radical (unpaired) electrons. The summed E-state index contributed by atoms with van der Waals surface area (Å²) < 4.78 is 4.95. The molecule has 0 bridgehead atoms. The van der Waals surface area contributed by atoms with E-state index in [4.69, 9.17) is 10.3 Å². The number of nitrogens with two attached hydrogens (primary N) is 1. The van der Waals surface area contributed by atoms with E-state index in [-0.39, 0.29) is 5.91 Å². The van der Waals surface area contributed by atoms with Crippen molar-refractivity contribution >= 4 is 23.4 Å². The van der Waals surface area contributed by atoms with Gasteiger partial charge in [-0.15, -0.1) is 0 Å². The first kappa shape index (κ1) is 15.5. The maximum Gasteiger partial charge on any atom is 0.241 e. The fourth-order valence-electron chi connectivity index (χ4n) is 1.76. The minimum Gasteiger partial charge on any atom is -0.339 e. The Kier molecular flexibility index (Phi) is 5.35. The highest BCUT2D eigenvalue weighted by Gasteiger charge is 2.14. The number of aromatic nitrogens is 2. The van der Waals surface area contributed by atoms with Crippen molar-refractivity contribution in [1.82, 2.24) is 10.1 Å². The van der Waals surface area contributed by atoms with Crippen LogP contribution >= 0.6 is 11.8 Å². The molecule has 0 spiro atoms. The lowest BCUT2D eigenvalue weighted by Crippen LogP contribution is -2.36. The third-order valence-electron chi connectivity index (χ3n) is 2.89. The number of nitrogens with zero attached hydrogens (tertiary/aromatic N) is 2. The summed E-state index contributed by atoms with van der Waals surface area (Å²) in [5.41, 5.74) is 7.28. The van der Waals surface area contributed by atoms with E-state index in [0.29, 0.717) is 23.8 Å². The molecule has 0 unspecified atom stereocenters. The van der Waals surface area contributed by atoms with Crippen LogP contribution in [0.4, 0.5) is 5.69 Å². The van der Waals surface area contributed by atoms with Crippen LogP contribution in [0.3, 0.4) is 0 Å². The molecule has 1 amide bonds. The number of anilines is 1. The summed E-state index contributed by atoms with van der Waals surface area (Å²) >= 11 is 1.67. The normalized spacial score (nSPS) is 12.1. The minimum absolute atomic E-state index is 0.189. The Labute approximate surface area is 127 Å². The summed E-state index contributed by atoms with van der Waals surface area (Å²) in [6.45, 7) is 1.73. The number of carbonyl (C=O) groups excluding carboxylic acids is 1. The third kappa shape index (κ3) is 4.30. The molecule has 112 valence electrons. The lowest BCUT2D eigenvalue weighted by Gasteiger charge is -2.12. The lowest BCUT2D eigenvalue weighted by atomic mass is 10.1. The molecule has 0 saturated heterocycles. The van der Waals surface area contributed by atoms with Gasteiger partial charge in [-0.25, -0.2) is 0 Å². The van der Waals surface area contributed by atoms with Gasteiger partial charge in [-0.2, -0.15) is 16.7 Å². The van der Waals surface area contributed by atoms with E-state index in [1.807, 2.05) is 18.4 Å². The number of nitrogens with one attached hydrogen (secondary N) is 1. The summed E-state index contributed by atoms with van der Waals surface area (Å²) in [5, 5.41) is 6.66. The van der Waals surface area contributed by atoms with Crippen molar-refractivity contribution < 1.29 is 9.32 Å². The third-order valence-corrected chi connectivity index (χ3v) is 3.53. The van der Waals surface area contributed by atoms with E-state index < -0.39 is 6.04 Å². The number of carbonyl (C=O) groups is 1. The maximum absolute atomic E-state index is 12.0. The van der Waals surface area contributed by atoms with Crippen molar-refractivity contribution in [3.05, 3.63) is 30.2 Å². The van der Waals surface area contributed by atoms with E-state index in [9.17, 15) is 4.79 Å². The summed E-state index contributed by atoms with van der Waals surface area (Å²) in [4.78, 5) is 16.1. The van der Waals surface area contributed by atoms with Crippen molar-refractivity contribution in [2.45, 2.75) is 19.4 Å². The van der Waals surface area contributed by atoms with Gasteiger partial charge in [0.2, 0.25) is 17.6 Å². The summed E-state index contributed by atoms with van der Waals surface area (Å²) in [5.74, 6) is 1.66. The van der Waals surface area contributed by atoms with Crippen LogP contribution in [0, 0.1) is 6.92 Å². The van der Waals surface area contributed by atoms with Crippen molar-refractivity contribution in [1.29, 1.82) is 0 Å². The maximum atomic E-state index is 12.0. The first-order valence-corrected chi connectivity index (χ1v) is 7.95. The zero-order valence-electron chi connectivity index (χ0n) is 12.0. The molecule has 1 atom stereocenters. The Morgan fingerprint density at radius 3 is 3.00 bits per heavy atom. The van der Waals surface area contributed by atoms with Gasteiger partial charge in [0.05, 0.1) is 6.04 Å². The predicted molar refractivity (Wildman–Crippen MR) is 84.1 cm³/mol. The molecule has 1 aromatic heterocycles. The average Bonchev–Trinajstić information content (AvgIpc) is 2.91. The van der Waals surface area contributed by atoms with Gasteiger partial charge in [-0.05, 0) is 30.6 Å². The van der Waals surface area contributed by atoms with Gasteiger partial charge < -0.3 is 15.6 Å². The van der Waals surface area contributed by atoms with Gasteiger partial charge in [0, 0.05) is 18.2 Å². The fourth-order valence-corrected chi connectivity index (χ4v) is 2.25. The number of benzene rings is 1. The molecule has 0 fully saturated rings. The molecule has 1 aromatic carbocycles. The van der Waals surface area contributed by atoms with Gasteiger partial charge >= 0.3 is 0 Å². The SMILES string of the molecule is CSCC[C@H](N)C(=O)Nc1cccc(-c2noc(C)n2)c1. The van der Waals surface area contributed by atoms with Crippen LogP contribution in [0.5, 0.6) is 0 Å². The first-order chi connectivity index (χ1) is 10.1. The van der Waals surface area contributed by atoms with Crippen LogP contribution in [-0.4, -0.2) is 34.1 Å². The monoisotopic (exact) mass is 306 g/mol. The van der Waals surface area contributed by atoms with Gasteiger partial charge in [0.1, 0.15) is 0 Å². The van der Waals surface area contributed by atoms with Crippen molar-refractivity contribution in [2.75, 3.05) is 17.3 Å². The number of thioether (sulfide) groups is 1. The fraction of sp³-hybridized carbons (Fsp3) is 0.357. The second-order valence-electron chi connectivity index (χ2n) is 4.60. The highest BCUT2D eigenvalue weighted by Crippen LogP contribution is 2.20. The van der Waals surface area contributed by atoms with E-state index in [2.05, 4.69) is 15.5 Å². The van der Waals surface area contributed by atoms with Crippen LogP contribution in [-0.2, 0) is 4.79 Å². The van der Waals surface area contributed by atoms with Gasteiger partial charge in [0.25, 0.3) is 0 Å². The van der Waals surface area contributed by atoms with E-state index in [0.717, 1.165) is 11.3 Å². The molecule has 0 saturated carbocycles. The Morgan fingerprint density at radius 1 is 1.52 bits per heavy atom. The zero-order valence-corrected chi connectivity index (χ0v) is 12.8. The largest absolute Gasteiger partial charge is 0.339 e. The molecular formula is C14H18N4O2S. The van der Waals surface area contributed by atoms with Crippen LogP contribution in [0.2, 0.25) is 0 Å². The number of rotatable bonds is 6. The summed E-state index contributed by atoms with van der Waals surface area (Å²) in [6, 6.07) is 6.77. The highest BCUT2D eigenvalue weighted by atomic mass is 32.2. The number of aryl methyl sites for hydroxylation is 1.